The standard InChI is InChI=1S/C30H30N2O10S2/c1-14-13-29(3,4)32-23-19(14)12-20-22(16-8-10-30(5,15(2)33)11-9-17(16)28(34)35)18-6-7-21(31)26(43(36,37)38)24(18)42-25(20)27(23)44(39,40)41/h6-12,14,31-32H,13H2,1-5H3,(H,34,35)(H,36,37,38)(H,39,40,41)/p-1. The Morgan fingerprint density at radius 3 is 2.23 bits per heavy atom. The van der Waals surface area contributed by atoms with Crippen molar-refractivity contribution in [3.05, 3.63) is 64.6 Å². The van der Waals surface area contributed by atoms with Crippen LogP contribution in [0.2, 0.25) is 0 Å². The number of fused-ring (bicyclic) bond motifs is 3. The first-order valence-corrected chi connectivity index (χ1v) is 16.3. The second-order valence-corrected chi connectivity index (χ2v) is 14.7. The molecule has 2 aliphatic heterocycles. The van der Waals surface area contributed by atoms with E-state index in [0.717, 1.165) is 6.07 Å². The first-order valence-electron chi connectivity index (χ1n) is 13.4. The number of aliphatic carboxylic acids is 1. The maximum atomic E-state index is 13.1. The smallest absolute Gasteiger partial charge is 0.300 e. The number of hydrogen-bond donors (Lipinski definition) is 4. The summed E-state index contributed by atoms with van der Waals surface area (Å²) in [7, 11) is -10.3. The van der Waals surface area contributed by atoms with Gasteiger partial charge >= 0.3 is 0 Å². The summed E-state index contributed by atoms with van der Waals surface area (Å²) >= 11 is 0. The molecular weight excluding hydrogens is 612 g/mol. The highest BCUT2D eigenvalue weighted by Gasteiger charge is 2.38. The summed E-state index contributed by atoms with van der Waals surface area (Å²) < 4.78 is 77.8. The summed E-state index contributed by atoms with van der Waals surface area (Å²) in [6.07, 6.45) is 5.85. The monoisotopic (exact) mass is 641 g/mol. The van der Waals surface area contributed by atoms with Crippen LogP contribution in [0.5, 0.6) is 0 Å². The number of carboxylic acids is 1. The minimum atomic E-state index is -5.17. The fourth-order valence-electron chi connectivity index (χ4n) is 6.01. The van der Waals surface area contributed by atoms with Gasteiger partial charge in [-0.25, -0.2) is 0 Å². The number of ketones is 1. The summed E-state index contributed by atoms with van der Waals surface area (Å²) in [5.41, 5.74) is -2.68. The molecule has 0 fully saturated rings. The average Bonchev–Trinajstić information content (AvgIpc) is 3.04. The highest BCUT2D eigenvalue weighted by molar-refractivity contribution is 7.86. The summed E-state index contributed by atoms with van der Waals surface area (Å²) in [5.74, 6) is -2.91. The van der Waals surface area contributed by atoms with Crippen molar-refractivity contribution >= 4 is 54.2 Å². The molecule has 0 aromatic heterocycles. The van der Waals surface area contributed by atoms with E-state index >= 15 is 0 Å². The molecule has 1 aromatic rings. The Balaban J connectivity index is 2.12. The lowest BCUT2D eigenvalue weighted by Gasteiger charge is -2.38. The molecule has 0 radical (unpaired) electrons. The number of anilines is 1. The van der Waals surface area contributed by atoms with Crippen molar-refractivity contribution in [3.63, 3.8) is 0 Å². The zero-order valence-electron chi connectivity index (χ0n) is 24.3. The zero-order chi connectivity index (χ0) is 32.7. The molecule has 2 unspecified atom stereocenters. The molecule has 4 N–H and O–H groups in total. The van der Waals surface area contributed by atoms with Gasteiger partial charge in [-0.3, -0.25) is 19.3 Å². The molecule has 14 heteroatoms. The summed E-state index contributed by atoms with van der Waals surface area (Å²) in [5, 5.41) is 23.2. The second kappa shape index (κ2) is 9.95. The number of carboxylic acid groups (broad SMARTS) is 1. The van der Waals surface area contributed by atoms with Crippen molar-refractivity contribution in [1.82, 2.24) is 0 Å². The van der Waals surface area contributed by atoms with Crippen LogP contribution in [0.3, 0.4) is 0 Å². The molecule has 0 amide bonds. The van der Waals surface area contributed by atoms with Crippen LogP contribution in [-0.4, -0.2) is 43.2 Å². The molecular formula is C30H29N2O10S2-. The Morgan fingerprint density at radius 2 is 1.66 bits per heavy atom. The molecule has 12 nitrogen and oxygen atoms in total. The number of allylic oxidation sites excluding steroid dienone is 4. The van der Waals surface area contributed by atoms with Gasteiger partial charge in [0, 0.05) is 27.6 Å². The quantitative estimate of drug-likeness (QED) is 0.234. The Labute approximate surface area is 253 Å². The Kier molecular flexibility index (Phi) is 7.09. The summed E-state index contributed by atoms with van der Waals surface area (Å²) in [6.45, 7) is 8.36. The zero-order valence-corrected chi connectivity index (χ0v) is 25.9. The first kappa shape index (κ1) is 31.3. The van der Waals surface area contributed by atoms with E-state index in [2.05, 4.69) is 5.32 Å². The Hall–Kier alpha value is -4.11. The van der Waals surface area contributed by atoms with Gasteiger partial charge < -0.3 is 19.6 Å². The SMILES string of the molecule is CC(=O)C1(C)C=CC(C(=O)[O-])=C(c2c3ccc(=N)c(S(=O)(=O)O)c-3oc3c(S(=O)(=O)O)c4c(cc23)C(C)CC(C)(C)N4)C=C1. The molecule has 0 saturated carbocycles. The van der Waals surface area contributed by atoms with Crippen LogP contribution >= 0.6 is 0 Å². The summed E-state index contributed by atoms with van der Waals surface area (Å²) in [6, 6.07) is 3.90. The topological polar surface area (TPSA) is 215 Å². The molecule has 5 rings (SSSR count). The van der Waals surface area contributed by atoms with E-state index in [1.807, 2.05) is 20.8 Å². The van der Waals surface area contributed by atoms with E-state index in [-0.39, 0.29) is 39.5 Å². The van der Waals surface area contributed by atoms with Gasteiger partial charge in [0.25, 0.3) is 20.2 Å². The van der Waals surface area contributed by atoms with Gasteiger partial charge in [-0.15, -0.1) is 0 Å². The normalized spacial score (nSPS) is 21.7. The maximum Gasteiger partial charge on any atom is 0.300 e. The van der Waals surface area contributed by atoms with Gasteiger partial charge in [0.2, 0.25) is 0 Å². The van der Waals surface area contributed by atoms with Crippen molar-refractivity contribution in [2.24, 2.45) is 5.41 Å². The molecule has 1 aromatic carbocycles. The molecule has 2 aliphatic carbocycles. The van der Waals surface area contributed by atoms with E-state index in [1.165, 1.54) is 37.3 Å². The fraction of sp³-hybridized carbons (Fsp3) is 0.300. The highest BCUT2D eigenvalue weighted by atomic mass is 32.2. The van der Waals surface area contributed by atoms with Gasteiger partial charge in [-0.2, -0.15) is 16.8 Å². The number of nitrogens with one attached hydrogen (secondary N) is 2. The van der Waals surface area contributed by atoms with Crippen molar-refractivity contribution in [3.8, 4) is 11.3 Å². The van der Waals surface area contributed by atoms with Crippen molar-refractivity contribution in [1.29, 1.82) is 5.41 Å². The van der Waals surface area contributed by atoms with Crippen LogP contribution in [0, 0.1) is 10.8 Å². The van der Waals surface area contributed by atoms with Crippen LogP contribution in [0.4, 0.5) is 5.69 Å². The van der Waals surface area contributed by atoms with E-state index in [9.17, 15) is 40.6 Å². The minimum Gasteiger partial charge on any atom is -0.545 e. The third kappa shape index (κ3) is 5.07. The molecule has 2 atom stereocenters. The fourth-order valence-corrected chi connectivity index (χ4v) is 7.55. The van der Waals surface area contributed by atoms with Crippen LogP contribution in [-0.2, 0) is 29.8 Å². The van der Waals surface area contributed by atoms with Gasteiger partial charge in [-0.1, -0.05) is 31.2 Å². The number of carbonyl (C=O) groups is 2. The first-order chi connectivity index (χ1) is 20.2. The van der Waals surface area contributed by atoms with E-state index in [1.54, 1.807) is 13.0 Å². The number of rotatable bonds is 5. The van der Waals surface area contributed by atoms with E-state index in [0.29, 0.717) is 12.0 Å². The van der Waals surface area contributed by atoms with Crippen LogP contribution in [0.15, 0.2) is 62.3 Å². The van der Waals surface area contributed by atoms with Gasteiger partial charge in [0.05, 0.1) is 22.4 Å². The van der Waals surface area contributed by atoms with Gasteiger partial charge in [0.15, 0.2) is 21.1 Å². The molecule has 0 spiro atoms. The Morgan fingerprint density at radius 1 is 1.05 bits per heavy atom. The lowest BCUT2D eigenvalue weighted by molar-refractivity contribution is -0.298. The molecule has 0 bridgehead atoms. The summed E-state index contributed by atoms with van der Waals surface area (Å²) in [4.78, 5) is 23.3. The van der Waals surface area contributed by atoms with Gasteiger partial charge in [0.1, 0.15) is 5.78 Å². The van der Waals surface area contributed by atoms with Crippen molar-refractivity contribution in [2.75, 3.05) is 5.32 Å². The lowest BCUT2D eigenvalue weighted by atomic mass is 9.80. The molecule has 0 saturated heterocycles. The van der Waals surface area contributed by atoms with Crippen molar-refractivity contribution < 1.29 is 45.1 Å². The second-order valence-electron chi connectivity index (χ2n) is 12.0. The number of hydrogen-bond acceptors (Lipinski definition) is 10. The number of carbonyl (C=O) groups excluding carboxylic acids is 2. The molecule has 4 aliphatic rings. The van der Waals surface area contributed by atoms with Crippen LogP contribution < -0.4 is 15.8 Å². The lowest BCUT2D eigenvalue weighted by Crippen LogP contribution is -2.37. The third-order valence-corrected chi connectivity index (χ3v) is 10.0. The largest absolute Gasteiger partial charge is 0.545 e. The van der Waals surface area contributed by atoms with Gasteiger partial charge in [-0.05, 0) is 69.4 Å². The van der Waals surface area contributed by atoms with Crippen LogP contribution in [0.25, 0.3) is 27.9 Å². The van der Waals surface area contributed by atoms with Crippen molar-refractivity contribution in [2.45, 2.75) is 62.3 Å². The predicted molar refractivity (Wildman–Crippen MR) is 158 cm³/mol. The molecule has 232 valence electrons. The maximum absolute atomic E-state index is 13.1. The average molecular weight is 642 g/mol. The van der Waals surface area contributed by atoms with Crippen LogP contribution in [0.1, 0.15) is 58.1 Å². The third-order valence-electron chi connectivity index (χ3n) is 8.18. The van der Waals surface area contributed by atoms with E-state index < -0.39 is 69.2 Å². The number of Topliss-reactive ketones (excluding diaryl/α,β-unsaturated/α-hetero) is 1. The molecule has 44 heavy (non-hydrogen) atoms. The predicted octanol–water partition coefficient (Wildman–Crippen LogP) is 3.43. The minimum absolute atomic E-state index is 0.00259. The Bertz CT molecular complexity index is 2150. The number of benzene rings is 2. The highest BCUT2D eigenvalue weighted by Crippen LogP contribution is 2.50. The van der Waals surface area contributed by atoms with E-state index in [4.69, 9.17) is 9.83 Å². The molecule has 2 heterocycles.